The van der Waals surface area contributed by atoms with Crippen molar-refractivity contribution in [2.75, 3.05) is 0 Å². The largest absolute Gasteiger partial charge is 0.338 e. The monoisotopic (exact) mass is 223 g/mol. The van der Waals surface area contributed by atoms with Gasteiger partial charge in [0.05, 0.1) is 6.54 Å². The highest BCUT2D eigenvalue weighted by Gasteiger charge is 2.26. The Morgan fingerprint density at radius 3 is 2.88 bits per heavy atom. The van der Waals surface area contributed by atoms with Crippen LogP contribution in [0.15, 0.2) is 4.52 Å². The summed E-state index contributed by atoms with van der Waals surface area (Å²) >= 11 is 0. The molecule has 1 aliphatic carbocycles. The predicted molar refractivity (Wildman–Crippen MR) is 62.0 cm³/mol. The van der Waals surface area contributed by atoms with Crippen LogP contribution in [0.3, 0.4) is 0 Å². The molecule has 0 radical (unpaired) electrons. The quantitative estimate of drug-likeness (QED) is 0.852. The average Bonchev–Trinajstić information content (AvgIpc) is 2.83. The fourth-order valence-corrected chi connectivity index (χ4v) is 2.24. The Balaban J connectivity index is 1.91. The second-order valence-electron chi connectivity index (χ2n) is 5.20. The molecule has 0 aromatic carbocycles. The van der Waals surface area contributed by atoms with Gasteiger partial charge in [-0.2, -0.15) is 4.98 Å². The van der Waals surface area contributed by atoms with E-state index in [9.17, 15) is 0 Å². The molecule has 1 aromatic rings. The maximum atomic E-state index is 5.24. The minimum atomic E-state index is 0.446. The van der Waals surface area contributed by atoms with Gasteiger partial charge in [-0.05, 0) is 25.2 Å². The molecule has 1 aliphatic rings. The first kappa shape index (κ1) is 11.6. The van der Waals surface area contributed by atoms with Gasteiger partial charge in [0, 0.05) is 12.0 Å². The molecule has 16 heavy (non-hydrogen) atoms. The van der Waals surface area contributed by atoms with Gasteiger partial charge in [-0.1, -0.05) is 25.9 Å². The van der Waals surface area contributed by atoms with Crippen LogP contribution in [0.2, 0.25) is 0 Å². The molecule has 0 amide bonds. The lowest BCUT2D eigenvalue weighted by atomic mass is 10.1. The van der Waals surface area contributed by atoms with Crippen LogP contribution < -0.4 is 5.32 Å². The molecule has 0 aliphatic heterocycles. The van der Waals surface area contributed by atoms with Gasteiger partial charge in [0.1, 0.15) is 0 Å². The molecule has 2 rings (SSSR count). The van der Waals surface area contributed by atoms with Crippen LogP contribution in [0, 0.1) is 5.92 Å². The molecule has 0 saturated heterocycles. The molecule has 0 spiro atoms. The molecule has 0 bridgehead atoms. The molecule has 2 atom stereocenters. The van der Waals surface area contributed by atoms with E-state index in [-0.39, 0.29) is 0 Å². The Labute approximate surface area is 96.8 Å². The molecule has 4 heteroatoms. The number of nitrogens with one attached hydrogen (secondary N) is 1. The first-order valence-corrected chi connectivity index (χ1v) is 6.21. The summed E-state index contributed by atoms with van der Waals surface area (Å²) in [7, 11) is 0. The van der Waals surface area contributed by atoms with Gasteiger partial charge in [0.2, 0.25) is 5.89 Å². The summed E-state index contributed by atoms with van der Waals surface area (Å²) in [5.41, 5.74) is 0. The summed E-state index contributed by atoms with van der Waals surface area (Å²) in [6, 6.07) is 0.446. The Morgan fingerprint density at radius 1 is 1.44 bits per heavy atom. The molecular formula is C12H21N3O. The molecule has 2 unspecified atom stereocenters. The van der Waals surface area contributed by atoms with Crippen LogP contribution in [-0.2, 0) is 6.54 Å². The zero-order valence-electron chi connectivity index (χ0n) is 10.4. The normalized spacial score (nSPS) is 25.5. The van der Waals surface area contributed by atoms with Crippen molar-refractivity contribution in [1.29, 1.82) is 0 Å². The van der Waals surface area contributed by atoms with Gasteiger partial charge < -0.3 is 9.84 Å². The van der Waals surface area contributed by atoms with E-state index in [0.717, 1.165) is 11.7 Å². The van der Waals surface area contributed by atoms with Gasteiger partial charge in [0.25, 0.3) is 0 Å². The van der Waals surface area contributed by atoms with E-state index in [1.54, 1.807) is 0 Å². The number of aromatic nitrogens is 2. The van der Waals surface area contributed by atoms with Crippen molar-refractivity contribution in [3.8, 4) is 0 Å². The van der Waals surface area contributed by atoms with Gasteiger partial charge in [-0.25, -0.2) is 0 Å². The third-order valence-corrected chi connectivity index (χ3v) is 3.21. The third kappa shape index (κ3) is 2.82. The number of hydrogen-bond donors (Lipinski definition) is 1. The van der Waals surface area contributed by atoms with Crippen molar-refractivity contribution >= 4 is 0 Å². The van der Waals surface area contributed by atoms with E-state index in [1.807, 2.05) is 0 Å². The maximum Gasteiger partial charge on any atom is 0.240 e. The highest BCUT2D eigenvalue weighted by Crippen LogP contribution is 2.36. The van der Waals surface area contributed by atoms with Crippen LogP contribution in [0.4, 0.5) is 0 Å². The van der Waals surface area contributed by atoms with Gasteiger partial charge in [-0.15, -0.1) is 0 Å². The zero-order chi connectivity index (χ0) is 11.5. The van der Waals surface area contributed by atoms with E-state index in [2.05, 4.69) is 36.2 Å². The van der Waals surface area contributed by atoms with Crippen molar-refractivity contribution in [1.82, 2.24) is 15.5 Å². The summed E-state index contributed by atoms with van der Waals surface area (Å²) in [5.74, 6) is 2.94. The van der Waals surface area contributed by atoms with E-state index in [4.69, 9.17) is 4.52 Å². The molecule has 90 valence electrons. The third-order valence-electron chi connectivity index (χ3n) is 3.21. The van der Waals surface area contributed by atoms with Gasteiger partial charge in [0.15, 0.2) is 5.82 Å². The summed E-state index contributed by atoms with van der Waals surface area (Å²) in [5, 5.41) is 7.36. The first-order valence-electron chi connectivity index (χ1n) is 6.21. The summed E-state index contributed by atoms with van der Waals surface area (Å²) < 4.78 is 5.24. The predicted octanol–water partition coefficient (Wildman–Crippen LogP) is 2.47. The lowest BCUT2D eigenvalue weighted by Crippen LogP contribution is -2.21. The molecule has 1 heterocycles. The van der Waals surface area contributed by atoms with Crippen molar-refractivity contribution in [2.45, 2.75) is 58.5 Å². The van der Waals surface area contributed by atoms with Crippen molar-refractivity contribution in [3.05, 3.63) is 11.7 Å². The minimum Gasteiger partial charge on any atom is -0.338 e. The standard InChI is InChI=1S/C12H21N3O/c1-8(2)13-7-11-14-12(15-16-11)10-5-4-9(3)6-10/h8-10,13H,4-7H2,1-3H3. The average molecular weight is 223 g/mol. The molecular weight excluding hydrogens is 202 g/mol. The van der Waals surface area contributed by atoms with E-state index in [0.29, 0.717) is 24.4 Å². The Bertz CT molecular complexity index is 335. The van der Waals surface area contributed by atoms with Crippen molar-refractivity contribution < 1.29 is 4.52 Å². The molecule has 4 nitrogen and oxygen atoms in total. The minimum absolute atomic E-state index is 0.446. The second-order valence-corrected chi connectivity index (χ2v) is 5.20. The smallest absolute Gasteiger partial charge is 0.240 e. The summed E-state index contributed by atoms with van der Waals surface area (Å²) in [6.45, 7) is 7.18. The second kappa shape index (κ2) is 4.95. The van der Waals surface area contributed by atoms with Crippen molar-refractivity contribution in [3.63, 3.8) is 0 Å². The number of rotatable bonds is 4. The van der Waals surface area contributed by atoms with E-state index >= 15 is 0 Å². The maximum absolute atomic E-state index is 5.24. The van der Waals surface area contributed by atoms with Crippen LogP contribution in [0.1, 0.15) is 57.7 Å². The SMILES string of the molecule is CC1CCC(c2noc(CNC(C)C)n2)C1. The summed E-state index contributed by atoms with van der Waals surface area (Å²) in [6.07, 6.45) is 3.70. The van der Waals surface area contributed by atoms with Crippen LogP contribution in [-0.4, -0.2) is 16.2 Å². The van der Waals surface area contributed by atoms with E-state index < -0.39 is 0 Å². The first-order chi connectivity index (χ1) is 7.65. The Kier molecular flexibility index (Phi) is 3.59. The van der Waals surface area contributed by atoms with Gasteiger partial charge >= 0.3 is 0 Å². The van der Waals surface area contributed by atoms with Crippen LogP contribution in [0.25, 0.3) is 0 Å². The van der Waals surface area contributed by atoms with E-state index in [1.165, 1.54) is 19.3 Å². The van der Waals surface area contributed by atoms with Gasteiger partial charge in [-0.3, -0.25) is 0 Å². The highest BCUT2D eigenvalue weighted by atomic mass is 16.5. The fourth-order valence-electron chi connectivity index (χ4n) is 2.24. The molecule has 1 N–H and O–H groups in total. The molecule has 1 saturated carbocycles. The number of hydrogen-bond acceptors (Lipinski definition) is 4. The van der Waals surface area contributed by atoms with Crippen LogP contribution in [0.5, 0.6) is 0 Å². The molecule has 1 aromatic heterocycles. The topological polar surface area (TPSA) is 51.0 Å². The Hall–Kier alpha value is -0.900. The van der Waals surface area contributed by atoms with Crippen molar-refractivity contribution in [2.24, 2.45) is 5.92 Å². The lowest BCUT2D eigenvalue weighted by molar-refractivity contribution is 0.354. The Morgan fingerprint density at radius 2 is 2.25 bits per heavy atom. The highest BCUT2D eigenvalue weighted by molar-refractivity contribution is 4.99. The molecule has 1 fully saturated rings. The lowest BCUT2D eigenvalue weighted by Gasteiger charge is -2.03. The number of nitrogens with zero attached hydrogens (tertiary/aromatic N) is 2. The summed E-state index contributed by atoms with van der Waals surface area (Å²) in [4.78, 5) is 4.46. The fraction of sp³-hybridized carbons (Fsp3) is 0.833. The zero-order valence-corrected chi connectivity index (χ0v) is 10.4. The van der Waals surface area contributed by atoms with Crippen LogP contribution >= 0.6 is 0 Å².